The van der Waals surface area contributed by atoms with Crippen molar-refractivity contribution in [3.63, 3.8) is 0 Å². The van der Waals surface area contributed by atoms with Gasteiger partial charge in [-0.3, -0.25) is 0 Å². The number of rotatable bonds is 2. The maximum atomic E-state index is 5.56. The van der Waals surface area contributed by atoms with Crippen molar-refractivity contribution in [1.82, 2.24) is 19.6 Å². The molecule has 0 aliphatic carbocycles. The number of hydrogen-bond acceptors (Lipinski definition) is 4. The topological polar surface area (TPSA) is 70.4 Å². The zero-order valence-electron chi connectivity index (χ0n) is 6.64. The molecule has 0 aliphatic rings. The van der Waals surface area contributed by atoms with E-state index >= 15 is 0 Å². The number of nitrogens with zero attached hydrogens (tertiary/aromatic N) is 4. The van der Waals surface area contributed by atoms with Crippen LogP contribution in [-0.4, -0.2) is 26.2 Å². The first-order valence-corrected chi connectivity index (χ1v) is 3.64. The van der Waals surface area contributed by atoms with Gasteiger partial charge >= 0.3 is 0 Å². The van der Waals surface area contributed by atoms with Gasteiger partial charge in [-0.25, -0.2) is 0 Å². The minimum atomic E-state index is 0.369. The summed E-state index contributed by atoms with van der Waals surface area (Å²) in [5, 5.41) is 7.45. The standard InChI is InChI=1S/C6H9N5O/c1-2-12-11-4-3-10-6(11)5(7)8-9-10/h3-4H,2,7H2,1H3. The molecule has 2 aromatic heterocycles. The van der Waals surface area contributed by atoms with E-state index in [2.05, 4.69) is 10.3 Å². The number of anilines is 1. The number of nitrogen functional groups attached to an aromatic ring is 1. The number of aromatic nitrogens is 4. The van der Waals surface area contributed by atoms with E-state index in [1.54, 1.807) is 21.6 Å². The van der Waals surface area contributed by atoms with E-state index < -0.39 is 0 Å². The molecule has 6 heteroatoms. The fourth-order valence-electron chi connectivity index (χ4n) is 1.05. The number of fused-ring (bicyclic) bond motifs is 1. The summed E-state index contributed by atoms with van der Waals surface area (Å²) >= 11 is 0. The maximum absolute atomic E-state index is 5.56. The van der Waals surface area contributed by atoms with Gasteiger partial charge in [0, 0.05) is 0 Å². The zero-order valence-corrected chi connectivity index (χ0v) is 6.64. The Bertz CT molecular complexity index is 389. The molecule has 2 rings (SSSR count). The van der Waals surface area contributed by atoms with Crippen LogP contribution in [0, 0.1) is 0 Å². The Kier molecular flexibility index (Phi) is 1.39. The number of hydrogen-bond donors (Lipinski definition) is 1. The van der Waals surface area contributed by atoms with E-state index in [-0.39, 0.29) is 0 Å². The molecular formula is C6H9N5O. The van der Waals surface area contributed by atoms with E-state index in [1.807, 2.05) is 6.92 Å². The molecule has 0 unspecified atom stereocenters. The van der Waals surface area contributed by atoms with Crippen molar-refractivity contribution in [2.45, 2.75) is 6.92 Å². The zero-order chi connectivity index (χ0) is 8.55. The summed E-state index contributed by atoms with van der Waals surface area (Å²) in [6.07, 6.45) is 3.47. The van der Waals surface area contributed by atoms with E-state index in [0.717, 1.165) is 0 Å². The highest BCUT2D eigenvalue weighted by atomic mass is 16.7. The minimum absolute atomic E-state index is 0.369. The van der Waals surface area contributed by atoms with Crippen LogP contribution in [0.4, 0.5) is 5.82 Å². The van der Waals surface area contributed by atoms with E-state index in [1.165, 1.54) is 0 Å². The van der Waals surface area contributed by atoms with E-state index in [0.29, 0.717) is 18.1 Å². The van der Waals surface area contributed by atoms with Crippen LogP contribution < -0.4 is 10.6 Å². The van der Waals surface area contributed by atoms with Crippen LogP contribution in [0.5, 0.6) is 0 Å². The van der Waals surface area contributed by atoms with E-state index in [4.69, 9.17) is 10.6 Å². The third kappa shape index (κ3) is 0.810. The summed E-state index contributed by atoms with van der Waals surface area (Å²) in [6, 6.07) is 0. The lowest BCUT2D eigenvalue weighted by atomic mass is 10.7. The third-order valence-electron chi connectivity index (χ3n) is 1.52. The average molecular weight is 167 g/mol. The Hall–Kier alpha value is -1.72. The summed E-state index contributed by atoms with van der Waals surface area (Å²) in [5.74, 6) is 0.369. The first-order valence-electron chi connectivity index (χ1n) is 3.64. The van der Waals surface area contributed by atoms with Crippen LogP contribution in [-0.2, 0) is 0 Å². The van der Waals surface area contributed by atoms with Crippen molar-refractivity contribution in [2.75, 3.05) is 12.3 Å². The maximum Gasteiger partial charge on any atom is 0.215 e. The van der Waals surface area contributed by atoms with Crippen molar-refractivity contribution in [1.29, 1.82) is 0 Å². The van der Waals surface area contributed by atoms with Crippen LogP contribution >= 0.6 is 0 Å². The second kappa shape index (κ2) is 2.40. The van der Waals surface area contributed by atoms with Crippen molar-refractivity contribution in [3.05, 3.63) is 12.4 Å². The van der Waals surface area contributed by atoms with Gasteiger partial charge in [-0.15, -0.1) is 5.10 Å². The van der Waals surface area contributed by atoms with E-state index in [9.17, 15) is 0 Å². The summed E-state index contributed by atoms with van der Waals surface area (Å²) in [7, 11) is 0. The molecular weight excluding hydrogens is 158 g/mol. The number of nitrogens with two attached hydrogens (primary N) is 1. The molecule has 6 nitrogen and oxygen atoms in total. The summed E-state index contributed by atoms with van der Waals surface area (Å²) in [6.45, 7) is 2.48. The lowest BCUT2D eigenvalue weighted by Gasteiger charge is -2.01. The second-order valence-corrected chi connectivity index (χ2v) is 2.28. The monoisotopic (exact) mass is 167 g/mol. The van der Waals surface area contributed by atoms with Crippen molar-refractivity contribution in [3.8, 4) is 0 Å². The van der Waals surface area contributed by atoms with Gasteiger partial charge in [0.15, 0.2) is 5.82 Å². The minimum Gasteiger partial charge on any atom is -0.412 e. The molecule has 2 N–H and O–H groups in total. The fraction of sp³-hybridized carbons (Fsp3) is 0.333. The highest BCUT2D eigenvalue weighted by molar-refractivity contribution is 5.58. The van der Waals surface area contributed by atoms with Crippen molar-refractivity contribution >= 4 is 11.5 Å². The molecule has 0 saturated carbocycles. The molecule has 0 radical (unpaired) electrons. The van der Waals surface area contributed by atoms with Gasteiger partial charge in [0.2, 0.25) is 5.65 Å². The van der Waals surface area contributed by atoms with Gasteiger partial charge < -0.3 is 10.6 Å². The molecule has 0 bridgehead atoms. The highest BCUT2D eigenvalue weighted by Gasteiger charge is 2.07. The molecule has 0 fully saturated rings. The molecule has 0 amide bonds. The SMILES string of the molecule is CCOn1ccn2nnc(N)c12. The molecule has 0 atom stereocenters. The molecule has 2 aromatic rings. The first-order chi connectivity index (χ1) is 5.83. The summed E-state index contributed by atoms with van der Waals surface area (Å²) in [4.78, 5) is 5.23. The fourth-order valence-corrected chi connectivity index (χ4v) is 1.05. The van der Waals surface area contributed by atoms with Crippen molar-refractivity contribution < 1.29 is 4.84 Å². The lowest BCUT2D eigenvalue weighted by molar-refractivity contribution is 0.131. The lowest BCUT2D eigenvalue weighted by Crippen LogP contribution is -2.09. The van der Waals surface area contributed by atoms with Crippen LogP contribution in [0.3, 0.4) is 0 Å². The molecule has 64 valence electrons. The summed E-state index contributed by atoms with van der Waals surface area (Å²) < 4.78 is 3.11. The Morgan fingerprint density at radius 1 is 1.58 bits per heavy atom. The second-order valence-electron chi connectivity index (χ2n) is 2.28. The smallest absolute Gasteiger partial charge is 0.215 e. The van der Waals surface area contributed by atoms with Crippen LogP contribution in [0.15, 0.2) is 12.4 Å². The quantitative estimate of drug-likeness (QED) is 0.658. The van der Waals surface area contributed by atoms with Gasteiger partial charge in [-0.2, -0.15) is 9.25 Å². The summed E-state index contributed by atoms with van der Waals surface area (Å²) in [5.41, 5.74) is 6.22. The highest BCUT2D eigenvalue weighted by Crippen LogP contribution is 2.08. The Balaban J connectivity index is 2.59. The molecule has 2 heterocycles. The van der Waals surface area contributed by atoms with Crippen molar-refractivity contribution in [2.24, 2.45) is 0 Å². The van der Waals surface area contributed by atoms with Gasteiger partial charge in [-0.05, 0) is 6.92 Å². The van der Waals surface area contributed by atoms with Gasteiger partial charge in [0.05, 0.1) is 12.4 Å². The average Bonchev–Trinajstić information content (AvgIpc) is 2.58. The van der Waals surface area contributed by atoms with Crippen LogP contribution in [0.25, 0.3) is 5.65 Å². The Labute approximate surface area is 68.5 Å². The molecule has 0 saturated heterocycles. The largest absolute Gasteiger partial charge is 0.412 e. The predicted molar refractivity (Wildman–Crippen MR) is 42.5 cm³/mol. The Morgan fingerprint density at radius 3 is 3.17 bits per heavy atom. The first kappa shape index (κ1) is 6.96. The van der Waals surface area contributed by atoms with Gasteiger partial charge in [-0.1, -0.05) is 5.21 Å². The molecule has 12 heavy (non-hydrogen) atoms. The molecule has 0 aromatic carbocycles. The third-order valence-corrected chi connectivity index (χ3v) is 1.52. The van der Waals surface area contributed by atoms with Crippen LogP contribution in [0.2, 0.25) is 0 Å². The predicted octanol–water partition coefficient (Wildman–Crippen LogP) is -0.439. The van der Waals surface area contributed by atoms with Crippen LogP contribution in [0.1, 0.15) is 6.92 Å². The Morgan fingerprint density at radius 2 is 2.42 bits per heavy atom. The molecule has 0 aliphatic heterocycles. The van der Waals surface area contributed by atoms with Gasteiger partial charge in [0.25, 0.3) is 0 Å². The molecule has 0 spiro atoms. The number of imidazole rings is 1. The normalized spacial score (nSPS) is 10.8. The van der Waals surface area contributed by atoms with Gasteiger partial charge in [0.1, 0.15) is 6.61 Å².